The van der Waals surface area contributed by atoms with Crippen molar-refractivity contribution < 1.29 is 9.53 Å². The number of carbonyl (C=O) groups is 1. The molecule has 0 spiro atoms. The number of hydrogen-bond donors (Lipinski definition) is 1. The summed E-state index contributed by atoms with van der Waals surface area (Å²) in [5.41, 5.74) is 4.85. The van der Waals surface area contributed by atoms with E-state index < -0.39 is 6.09 Å². The Balaban J connectivity index is 3.77. The summed E-state index contributed by atoms with van der Waals surface area (Å²) in [6.07, 6.45) is -0.701. The Morgan fingerprint density at radius 2 is 1.77 bits per heavy atom. The molecule has 0 unspecified atom stereocenters. The molecule has 1 amide bonds. The van der Waals surface area contributed by atoms with Crippen LogP contribution < -0.4 is 5.73 Å². The maximum Gasteiger partial charge on any atom is 0.404 e. The number of carbonyl (C=O) groups excluding carboxylic acids is 1. The van der Waals surface area contributed by atoms with Crippen molar-refractivity contribution in [1.82, 2.24) is 4.90 Å². The summed E-state index contributed by atoms with van der Waals surface area (Å²) in [7, 11) is 0. The van der Waals surface area contributed by atoms with E-state index in [9.17, 15) is 4.79 Å². The Hall–Kier alpha value is -0.770. The Morgan fingerprint density at radius 1 is 1.31 bits per heavy atom. The first-order valence-corrected chi connectivity index (χ1v) is 4.63. The monoisotopic (exact) mass is 188 g/mol. The molecule has 0 aromatic carbocycles. The van der Waals surface area contributed by atoms with Crippen LogP contribution in [-0.2, 0) is 4.74 Å². The van der Waals surface area contributed by atoms with Crippen molar-refractivity contribution >= 4 is 6.09 Å². The second-order valence-electron chi connectivity index (χ2n) is 3.59. The number of nitrogens with zero attached hydrogens (tertiary/aromatic N) is 1. The molecule has 0 saturated heterocycles. The standard InChI is InChI=1S/C9H20N2O2/c1-7(2)11(8(3)4)5-6-13-9(10)12/h7-8H,5-6H2,1-4H3,(H2,10,12). The number of primary amides is 1. The molecule has 0 fully saturated rings. The van der Waals surface area contributed by atoms with E-state index in [2.05, 4.69) is 37.3 Å². The SMILES string of the molecule is CC(C)N(CCOC(N)=O)C(C)C. The minimum atomic E-state index is -0.701. The van der Waals surface area contributed by atoms with Gasteiger partial charge in [0.05, 0.1) is 0 Å². The largest absolute Gasteiger partial charge is 0.448 e. The Bertz CT molecular complexity index is 150. The minimum Gasteiger partial charge on any atom is -0.448 e. The molecular formula is C9H20N2O2. The summed E-state index contributed by atoms with van der Waals surface area (Å²) < 4.78 is 4.67. The first-order chi connectivity index (χ1) is 5.95. The molecule has 0 aromatic rings. The van der Waals surface area contributed by atoms with Crippen molar-refractivity contribution in [2.45, 2.75) is 39.8 Å². The number of nitrogens with two attached hydrogens (primary N) is 1. The van der Waals surface area contributed by atoms with Crippen LogP contribution in [0, 0.1) is 0 Å². The fourth-order valence-corrected chi connectivity index (χ4v) is 1.36. The van der Waals surface area contributed by atoms with Gasteiger partial charge in [-0.15, -0.1) is 0 Å². The summed E-state index contributed by atoms with van der Waals surface area (Å²) in [5, 5.41) is 0. The smallest absolute Gasteiger partial charge is 0.404 e. The molecule has 0 saturated carbocycles. The van der Waals surface area contributed by atoms with Crippen LogP contribution in [0.4, 0.5) is 4.79 Å². The molecular weight excluding hydrogens is 168 g/mol. The molecule has 0 aliphatic rings. The van der Waals surface area contributed by atoms with Crippen LogP contribution >= 0.6 is 0 Å². The van der Waals surface area contributed by atoms with Crippen LogP contribution in [0.1, 0.15) is 27.7 Å². The number of hydrogen-bond acceptors (Lipinski definition) is 3. The molecule has 0 aromatic heterocycles. The van der Waals surface area contributed by atoms with Crippen LogP contribution in [-0.4, -0.2) is 36.2 Å². The molecule has 0 heterocycles. The van der Waals surface area contributed by atoms with Crippen molar-refractivity contribution in [3.05, 3.63) is 0 Å². The Morgan fingerprint density at radius 3 is 2.08 bits per heavy atom. The maximum absolute atomic E-state index is 10.3. The summed E-state index contributed by atoms with van der Waals surface area (Å²) in [4.78, 5) is 12.5. The zero-order valence-corrected chi connectivity index (χ0v) is 8.91. The van der Waals surface area contributed by atoms with E-state index in [-0.39, 0.29) is 0 Å². The van der Waals surface area contributed by atoms with Crippen LogP contribution in [0.5, 0.6) is 0 Å². The van der Waals surface area contributed by atoms with Gasteiger partial charge in [0.15, 0.2) is 0 Å². The van der Waals surface area contributed by atoms with Gasteiger partial charge in [-0.25, -0.2) is 4.79 Å². The summed E-state index contributed by atoms with van der Waals surface area (Å²) >= 11 is 0. The molecule has 0 aliphatic carbocycles. The normalized spacial score (nSPS) is 11.3. The second kappa shape index (κ2) is 5.80. The zero-order chi connectivity index (χ0) is 10.4. The quantitative estimate of drug-likeness (QED) is 0.705. The van der Waals surface area contributed by atoms with Gasteiger partial charge in [-0.1, -0.05) is 0 Å². The Labute approximate surface area is 80.0 Å². The third-order valence-corrected chi connectivity index (χ3v) is 1.92. The van der Waals surface area contributed by atoms with E-state index in [1.54, 1.807) is 0 Å². The van der Waals surface area contributed by atoms with Crippen LogP contribution in [0.2, 0.25) is 0 Å². The molecule has 0 atom stereocenters. The van der Waals surface area contributed by atoms with Crippen molar-refractivity contribution in [2.75, 3.05) is 13.2 Å². The number of ether oxygens (including phenoxy) is 1. The molecule has 0 rings (SSSR count). The highest BCUT2D eigenvalue weighted by atomic mass is 16.5. The molecule has 13 heavy (non-hydrogen) atoms. The third-order valence-electron chi connectivity index (χ3n) is 1.92. The average molecular weight is 188 g/mol. The highest BCUT2D eigenvalue weighted by Crippen LogP contribution is 2.03. The molecule has 4 nitrogen and oxygen atoms in total. The van der Waals surface area contributed by atoms with Gasteiger partial charge in [0.25, 0.3) is 0 Å². The van der Waals surface area contributed by atoms with Crippen LogP contribution in [0.3, 0.4) is 0 Å². The van der Waals surface area contributed by atoms with E-state index in [4.69, 9.17) is 5.73 Å². The highest BCUT2D eigenvalue weighted by molar-refractivity contribution is 5.64. The summed E-state index contributed by atoms with van der Waals surface area (Å²) in [5.74, 6) is 0. The van der Waals surface area contributed by atoms with Gasteiger partial charge in [-0.2, -0.15) is 0 Å². The molecule has 0 radical (unpaired) electrons. The fraction of sp³-hybridized carbons (Fsp3) is 0.889. The number of rotatable bonds is 5. The van der Waals surface area contributed by atoms with E-state index in [0.717, 1.165) is 6.54 Å². The van der Waals surface area contributed by atoms with Gasteiger partial charge in [0, 0.05) is 18.6 Å². The molecule has 4 heteroatoms. The van der Waals surface area contributed by atoms with Crippen molar-refractivity contribution in [1.29, 1.82) is 0 Å². The van der Waals surface area contributed by atoms with E-state index in [1.165, 1.54) is 0 Å². The van der Waals surface area contributed by atoms with Crippen LogP contribution in [0.25, 0.3) is 0 Å². The van der Waals surface area contributed by atoms with Crippen LogP contribution in [0.15, 0.2) is 0 Å². The number of amides is 1. The van der Waals surface area contributed by atoms with E-state index >= 15 is 0 Å². The highest BCUT2D eigenvalue weighted by Gasteiger charge is 2.12. The minimum absolute atomic E-state index is 0.367. The van der Waals surface area contributed by atoms with Gasteiger partial charge in [-0.05, 0) is 27.7 Å². The summed E-state index contributed by atoms with van der Waals surface area (Å²) in [6.45, 7) is 9.56. The second-order valence-corrected chi connectivity index (χ2v) is 3.59. The van der Waals surface area contributed by atoms with Gasteiger partial charge < -0.3 is 10.5 Å². The molecule has 78 valence electrons. The summed E-state index contributed by atoms with van der Waals surface area (Å²) in [6, 6.07) is 0.910. The fourth-order valence-electron chi connectivity index (χ4n) is 1.36. The van der Waals surface area contributed by atoms with Crippen molar-refractivity contribution in [3.63, 3.8) is 0 Å². The lowest BCUT2D eigenvalue weighted by Crippen LogP contribution is -2.39. The predicted molar refractivity (Wildman–Crippen MR) is 52.5 cm³/mol. The van der Waals surface area contributed by atoms with Gasteiger partial charge in [0.1, 0.15) is 6.61 Å². The van der Waals surface area contributed by atoms with E-state index in [0.29, 0.717) is 18.7 Å². The third kappa shape index (κ3) is 5.47. The lowest BCUT2D eigenvalue weighted by molar-refractivity contribution is 0.108. The topological polar surface area (TPSA) is 55.6 Å². The maximum atomic E-state index is 10.3. The zero-order valence-electron chi connectivity index (χ0n) is 8.91. The predicted octanol–water partition coefficient (Wildman–Crippen LogP) is 1.20. The molecule has 0 aliphatic heterocycles. The lowest BCUT2D eigenvalue weighted by Gasteiger charge is -2.29. The van der Waals surface area contributed by atoms with Gasteiger partial charge in [0.2, 0.25) is 0 Å². The van der Waals surface area contributed by atoms with Crippen molar-refractivity contribution in [2.24, 2.45) is 5.73 Å². The molecule has 2 N–H and O–H groups in total. The van der Waals surface area contributed by atoms with E-state index in [1.807, 2.05) is 0 Å². The van der Waals surface area contributed by atoms with Gasteiger partial charge >= 0.3 is 6.09 Å². The van der Waals surface area contributed by atoms with Crippen molar-refractivity contribution in [3.8, 4) is 0 Å². The lowest BCUT2D eigenvalue weighted by atomic mass is 10.2. The molecule has 0 bridgehead atoms. The first kappa shape index (κ1) is 12.2. The Kier molecular flexibility index (Phi) is 5.46. The average Bonchev–Trinajstić information content (AvgIpc) is 1.95. The van der Waals surface area contributed by atoms with Gasteiger partial charge in [-0.3, -0.25) is 4.90 Å². The first-order valence-electron chi connectivity index (χ1n) is 4.63.